The predicted octanol–water partition coefficient (Wildman–Crippen LogP) is 7.39. The molecule has 6 nitrogen and oxygen atoms in total. The Labute approximate surface area is 219 Å². The van der Waals surface area contributed by atoms with Gasteiger partial charge in [-0.2, -0.15) is 0 Å². The maximum absolute atomic E-state index is 12.7. The van der Waals surface area contributed by atoms with Gasteiger partial charge in [0.2, 0.25) is 11.8 Å². The summed E-state index contributed by atoms with van der Waals surface area (Å²) in [5.74, 6) is 1.31. The van der Waals surface area contributed by atoms with Crippen molar-refractivity contribution in [3.05, 3.63) is 113 Å². The molecule has 7 heteroatoms. The van der Waals surface area contributed by atoms with Crippen molar-refractivity contribution in [1.82, 2.24) is 4.98 Å². The van der Waals surface area contributed by atoms with Crippen LogP contribution in [0.4, 0.5) is 5.69 Å². The van der Waals surface area contributed by atoms with Crippen LogP contribution in [0.15, 0.2) is 101 Å². The van der Waals surface area contributed by atoms with Crippen LogP contribution in [0.1, 0.15) is 11.1 Å². The summed E-state index contributed by atoms with van der Waals surface area (Å²) in [6.45, 7) is 0.432. The van der Waals surface area contributed by atoms with Gasteiger partial charge in [0.1, 0.15) is 12.1 Å². The molecule has 0 aliphatic rings. The van der Waals surface area contributed by atoms with Gasteiger partial charge in [-0.25, -0.2) is 4.98 Å². The molecule has 5 rings (SSSR count). The lowest BCUT2D eigenvalue weighted by atomic mass is 10.1. The van der Waals surface area contributed by atoms with Crippen molar-refractivity contribution in [3.63, 3.8) is 0 Å². The highest BCUT2D eigenvalue weighted by Crippen LogP contribution is 2.32. The van der Waals surface area contributed by atoms with E-state index in [9.17, 15) is 4.79 Å². The summed E-state index contributed by atoms with van der Waals surface area (Å²) in [4.78, 5) is 17.3. The van der Waals surface area contributed by atoms with Crippen LogP contribution >= 0.6 is 11.6 Å². The van der Waals surface area contributed by atoms with Crippen LogP contribution in [-0.4, -0.2) is 18.0 Å². The lowest BCUT2D eigenvalue weighted by molar-refractivity contribution is -0.111. The zero-order valence-electron chi connectivity index (χ0n) is 20.0. The molecule has 1 N–H and O–H groups in total. The number of oxazole rings is 1. The van der Waals surface area contributed by atoms with Gasteiger partial charge >= 0.3 is 0 Å². The van der Waals surface area contributed by atoms with E-state index in [0.717, 1.165) is 11.1 Å². The fourth-order valence-electron chi connectivity index (χ4n) is 3.78. The summed E-state index contributed by atoms with van der Waals surface area (Å²) in [5, 5.41) is 3.48. The number of carbonyl (C=O) groups is 1. The number of rotatable bonds is 8. The molecule has 0 atom stereocenters. The molecular formula is C30H23ClN2O4. The fourth-order valence-corrected chi connectivity index (χ4v) is 3.95. The molecule has 0 saturated carbocycles. The summed E-state index contributed by atoms with van der Waals surface area (Å²) in [7, 11) is 1.59. The molecule has 5 aromatic rings. The molecule has 4 aromatic carbocycles. The van der Waals surface area contributed by atoms with Crippen molar-refractivity contribution in [2.75, 3.05) is 12.4 Å². The lowest BCUT2D eigenvalue weighted by Crippen LogP contribution is -2.08. The van der Waals surface area contributed by atoms with E-state index in [4.69, 9.17) is 25.5 Å². The summed E-state index contributed by atoms with van der Waals surface area (Å²) >= 11 is 6.07. The average molecular weight is 511 g/mol. The number of hydrogen-bond acceptors (Lipinski definition) is 5. The van der Waals surface area contributed by atoms with E-state index in [1.165, 1.54) is 6.08 Å². The van der Waals surface area contributed by atoms with Crippen LogP contribution in [0.2, 0.25) is 5.02 Å². The SMILES string of the molecule is COc1cc(C=CC(=O)Nc2ccccc2-c2nc3cc(Cl)ccc3o2)ccc1OCc1ccccc1. The molecule has 0 aliphatic heterocycles. The molecule has 0 spiro atoms. The van der Waals surface area contributed by atoms with Crippen molar-refractivity contribution in [3.8, 4) is 23.0 Å². The molecule has 0 bridgehead atoms. The fraction of sp³-hybridized carbons (Fsp3) is 0.0667. The molecule has 0 radical (unpaired) electrons. The second kappa shape index (κ2) is 11.0. The Hall–Kier alpha value is -4.55. The Morgan fingerprint density at radius 2 is 1.78 bits per heavy atom. The molecule has 1 heterocycles. The molecule has 1 amide bonds. The van der Waals surface area contributed by atoms with Gasteiger partial charge in [0.05, 0.1) is 18.4 Å². The van der Waals surface area contributed by atoms with Crippen LogP contribution < -0.4 is 14.8 Å². The topological polar surface area (TPSA) is 73.6 Å². The van der Waals surface area contributed by atoms with Crippen LogP contribution in [0.3, 0.4) is 0 Å². The highest BCUT2D eigenvalue weighted by molar-refractivity contribution is 6.31. The standard InChI is InChI=1S/C30H23ClN2O4/c1-35-28-17-20(11-14-27(28)36-19-21-7-3-2-4-8-21)12-16-29(34)32-24-10-6-5-9-23(24)30-33-25-18-22(31)13-15-26(25)37-30/h2-18H,19H2,1H3,(H,32,34). The lowest BCUT2D eigenvalue weighted by Gasteiger charge is -2.11. The summed E-state index contributed by atoms with van der Waals surface area (Å²) in [5.41, 5.74) is 4.37. The highest BCUT2D eigenvalue weighted by atomic mass is 35.5. The highest BCUT2D eigenvalue weighted by Gasteiger charge is 2.14. The van der Waals surface area contributed by atoms with Crippen molar-refractivity contribution in [2.24, 2.45) is 0 Å². The second-order valence-electron chi connectivity index (χ2n) is 8.18. The first-order valence-electron chi connectivity index (χ1n) is 11.6. The zero-order valence-corrected chi connectivity index (χ0v) is 20.7. The Morgan fingerprint density at radius 3 is 2.62 bits per heavy atom. The third kappa shape index (κ3) is 5.82. The molecule has 0 fully saturated rings. The smallest absolute Gasteiger partial charge is 0.248 e. The van der Waals surface area contributed by atoms with Gasteiger partial charge in [-0.3, -0.25) is 4.79 Å². The molecule has 0 saturated heterocycles. The van der Waals surface area contributed by atoms with Crippen LogP contribution in [-0.2, 0) is 11.4 Å². The minimum absolute atomic E-state index is 0.296. The first-order valence-corrected chi connectivity index (χ1v) is 12.0. The van der Waals surface area contributed by atoms with Crippen molar-refractivity contribution < 1.29 is 18.7 Å². The first kappa shape index (κ1) is 24.2. The van der Waals surface area contributed by atoms with E-state index >= 15 is 0 Å². The maximum atomic E-state index is 12.7. The molecule has 184 valence electrons. The van der Waals surface area contributed by atoms with E-state index < -0.39 is 0 Å². The van der Waals surface area contributed by atoms with Gasteiger partial charge in [-0.1, -0.05) is 60.1 Å². The van der Waals surface area contributed by atoms with Crippen molar-refractivity contribution in [1.29, 1.82) is 0 Å². The van der Waals surface area contributed by atoms with Gasteiger partial charge in [0.25, 0.3) is 0 Å². The van der Waals surface area contributed by atoms with Gasteiger partial charge in [-0.15, -0.1) is 0 Å². The molecule has 37 heavy (non-hydrogen) atoms. The third-order valence-corrected chi connectivity index (χ3v) is 5.85. The normalized spacial score (nSPS) is 11.1. The predicted molar refractivity (Wildman–Crippen MR) is 146 cm³/mol. The van der Waals surface area contributed by atoms with Gasteiger partial charge in [0.15, 0.2) is 17.1 Å². The number of aromatic nitrogens is 1. The number of anilines is 1. The van der Waals surface area contributed by atoms with E-state index in [-0.39, 0.29) is 5.91 Å². The maximum Gasteiger partial charge on any atom is 0.248 e. The largest absolute Gasteiger partial charge is 0.493 e. The Bertz CT molecular complexity index is 1580. The first-order chi connectivity index (χ1) is 18.1. The van der Waals surface area contributed by atoms with E-state index in [2.05, 4.69) is 10.3 Å². The Morgan fingerprint density at radius 1 is 0.973 bits per heavy atom. The summed E-state index contributed by atoms with van der Waals surface area (Å²) in [6, 6.07) is 28.0. The number of benzene rings is 4. The number of fused-ring (bicyclic) bond motifs is 1. The van der Waals surface area contributed by atoms with Gasteiger partial charge in [0, 0.05) is 11.1 Å². The number of para-hydroxylation sites is 1. The number of halogens is 1. The zero-order chi connectivity index (χ0) is 25.6. The van der Waals surface area contributed by atoms with Crippen molar-refractivity contribution >= 4 is 40.4 Å². The number of hydrogen-bond donors (Lipinski definition) is 1. The Kier molecular flexibility index (Phi) is 7.19. The minimum Gasteiger partial charge on any atom is -0.493 e. The minimum atomic E-state index is -0.296. The monoisotopic (exact) mass is 510 g/mol. The number of methoxy groups -OCH3 is 1. The number of ether oxygens (including phenoxy) is 2. The van der Waals surface area contributed by atoms with E-state index in [1.54, 1.807) is 37.5 Å². The van der Waals surface area contributed by atoms with E-state index in [0.29, 0.717) is 51.4 Å². The summed E-state index contributed by atoms with van der Waals surface area (Å²) < 4.78 is 17.3. The molecule has 1 aromatic heterocycles. The average Bonchev–Trinajstić information content (AvgIpc) is 3.35. The molecule has 0 unspecified atom stereocenters. The van der Waals surface area contributed by atoms with Crippen LogP contribution in [0.5, 0.6) is 11.5 Å². The third-order valence-electron chi connectivity index (χ3n) is 5.62. The number of nitrogens with one attached hydrogen (secondary N) is 1. The van der Waals surface area contributed by atoms with Crippen LogP contribution in [0, 0.1) is 0 Å². The number of amides is 1. The number of nitrogens with zero attached hydrogens (tertiary/aromatic N) is 1. The van der Waals surface area contributed by atoms with E-state index in [1.807, 2.05) is 66.7 Å². The van der Waals surface area contributed by atoms with Gasteiger partial charge < -0.3 is 19.2 Å². The van der Waals surface area contributed by atoms with Crippen LogP contribution in [0.25, 0.3) is 28.6 Å². The molecular weight excluding hydrogens is 488 g/mol. The quantitative estimate of drug-likeness (QED) is 0.220. The summed E-state index contributed by atoms with van der Waals surface area (Å²) in [6.07, 6.45) is 3.17. The van der Waals surface area contributed by atoms with Crippen molar-refractivity contribution in [2.45, 2.75) is 6.61 Å². The Balaban J connectivity index is 1.29. The molecule has 0 aliphatic carbocycles. The van der Waals surface area contributed by atoms with Gasteiger partial charge in [-0.05, 0) is 59.7 Å². The second-order valence-corrected chi connectivity index (χ2v) is 8.62. The number of carbonyl (C=O) groups excluding carboxylic acids is 1.